The van der Waals surface area contributed by atoms with E-state index >= 15 is 4.39 Å². The molecule has 1 fully saturated rings. The molecule has 0 spiro atoms. The summed E-state index contributed by atoms with van der Waals surface area (Å²) in [6.45, 7) is 4.06. The highest BCUT2D eigenvalue weighted by Crippen LogP contribution is 2.50. The molecule has 14 nitrogen and oxygen atoms in total. The summed E-state index contributed by atoms with van der Waals surface area (Å²) in [5.74, 6) is -0.796. The van der Waals surface area contributed by atoms with Crippen LogP contribution in [0.3, 0.4) is 0 Å². The molecule has 0 unspecified atom stereocenters. The van der Waals surface area contributed by atoms with Crippen LogP contribution >= 0.6 is 19.3 Å². The van der Waals surface area contributed by atoms with Crippen LogP contribution in [0.15, 0.2) is 48.8 Å². The van der Waals surface area contributed by atoms with Gasteiger partial charge in [0, 0.05) is 12.4 Å². The number of nitrogens with two attached hydrogens (primary N) is 1. The first-order valence-corrected chi connectivity index (χ1v) is 16.1. The highest BCUT2D eigenvalue weighted by molar-refractivity contribution is 7.52. The van der Waals surface area contributed by atoms with Crippen molar-refractivity contribution in [3.8, 4) is 5.75 Å². The van der Waals surface area contributed by atoms with Crippen LogP contribution in [0.5, 0.6) is 5.75 Å². The lowest BCUT2D eigenvalue weighted by atomic mass is 9.99. The molecule has 6 atom stereocenters. The van der Waals surface area contributed by atoms with Gasteiger partial charge in [0.15, 0.2) is 29.4 Å². The van der Waals surface area contributed by atoms with Gasteiger partial charge in [0.1, 0.15) is 23.5 Å². The number of nitrogen functional groups attached to an aromatic ring is 1. The molecule has 17 heteroatoms. The zero-order chi connectivity index (χ0) is 32.5. The Morgan fingerprint density at radius 1 is 1.24 bits per heavy atom. The summed E-state index contributed by atoms with van der Waals surface area (Å²) in [5.41, 5.74) is 4.34. The SMILES string of the molecule is CNc1nc(N)nc2c1ncn2[C@@H]1O[C@](CCl)(CO[P@@](=O)(N[C@@H](C)C(=O)OC(C)C)Oc2cccc3ccccc23)[C@@H](O)[C@@H]1F. The van der Waals surface area contributed by atoms with Gasteiger partial charge in [-0.25, -0.2) is 13.9 Å². The number of hydrogen-bond donors (Lipinski definition) is 4. The largest absolute Gasteiger partial charge is 0.462 e. The lowest BCUT2D eigenvalue weighted by Gasteiger charge is -2.31. The van der Waals surface area contributed by atoms with Gasteiger partial charge in [0.05, 0.1) is 24.9 Å². The normalized spacial score (nSPS) is 23.7. The fourth-order valence-electron chi connectivity index (χ4n) is 4.91. The van der Waals surface area contributed by atoms with Gasteiger partial charge in [-0.2, -0.15) is 15.1 Å². The number of imidazole rings is 1. The fraction of sp³-hybridized carbons (Fsp3) is 0.429. The van der Waals surface area contributed by atoms with Crippen molar-refractivity contribution in [2.24, 2.45) is 0 Å². The number of hydrogen-bond acceptors (Lipinski definition) is 12. The summed E-state index contributed by atoms with van der Waals surface area (Å²) in [6, 6.07) is 11.2. The van der Waals surface area contributed by atoms with Gasteiger partial charge in [0.2, 0.25) is 5.95 Å². The quantitative estimate of drug-likeness (QED) is 0.0970. The van der Waals surface area contributed by atoms with Gasteiger partial charge in [-0.15, -0.1) is 11.6 Å². The number of esters is 1. The zero-order valence-corrected chi connectivity index (χ0v) is 26.5. The molecule has 0 saturated carbocycles. The molecule has 3 heterocycles. The molecule has 1 aliphatic rings. The minimum Gasteiger partial charge on any atom is -0.462 e. The van der Waals surface area contributed by atoms with E-state index < -0.39 is 62.5 Å². The molecule has 2 aromatic carbocycles. The molecule has 4 aromatic rings. The Balaban J connectivity index is 1.45. The number of aliphatic hydroxyl groups excluding tert-OH is 1. The van der Waals surface area contributed by atoms with Crippen molar-refractivity contribution in [3.63, 3.8) is 0 Å². The van der Waals surface area contributed by atoms with Gasteiger partial charge >= 0.3 is 13.7 Å². The Bertz CT molecular complexity index is 1740. The van der Waals surface area contributed by atoms with Crippen LogP contribution < -0.4 is 20.7 Å². The summed E-state index contributed by atoms with van der Waals surface area (Å²) in [5, 5.41) is 18.0. The highest BCUT2D eigenvalue weighted by atomic mass is 35.5. The molecule has 1 saturated heterocycles. The van der Waals surface area contributed by atoms with Crippen LogP contribution in [0.4, 0.5) is 16.2 Å². The molecule has 0 amide bonds. The predicted octanol–water partition coefficient (Wildman–Crippen LogP) is 3.94. The van der Waals surface area contributed by atoms with E-state index in [0.717, 1.165) is 5.39 Å². The molecular formula is C28H34ClFN7O7P. The predicted molar refractivity (Wildman–Crippen MR) is 166 cm³/mol. The van der Waals surface area contributed by atoms with Crippen LogP contribution in [0.1, 0.15) is 27.0 Å². The number of fused-ring (bicyclic) bond motifs is 2. The summed E-state index contributed by atoms with van der Waals surface area (Å²) in [4.78, 5) is 25.1. The molecule has 0 aliphatic carbocycles. The molecule has 1 aliphatic heterocycles. The number of aliphatic hydroxyl groups is 1. The standard InChI is InChI=1S/C28H34ClFN7O7P/c1-15(2)42-26(39)16(3)36-45(40,44-19-11-7-9-17-8-5-6-10-18(17)19)41-13-28(12-29)22(38)20(30)25(43-28)37-14-33-21-23(32-4)34-27(31)35-24(21)37/h5-11,14-16,20,22,25,38H,12-13H2,1-4H3,(H,36,40)(H3,31,32,34,35)/t16-,20-,22-,25+,28+,45-/m0/s1. The minimum absolute atomic E-state index is 0.0998. The van der Waals surface area contributed by atoms with Crippen molar-refractivity contribution in [2.45, 2.75) is 57.0 Å². The van der Waals surface area contributed by atoms with Gasteiger partial charge in [-0.05, 0) is 32.2 Å². The third-order valence-electron chi connectivity index (χ3n) is 7.15. The second-order valence-electron chi connectivity index (χ2n) is 10.8. The first-order chi connectivity index (χ1) is 21.4. The maximum Gasteiger partial charge on any atom is 0.459 e. The van der Waals surface area contributed by atoms with Crippen molar-refractivity contribution in [1.82, 2.24) is 24.6 Å². The number of carbonyl (C=O) groups excluding carboxylic acids is 1. The summed E-state index contributed by atoms with van der Waals surface area (Å²) in [7, 11) is -2.87. The van der Waals surface area contributed by atoms with Crippen molar-refractivity contribution in [3.05, 3.63) is 48.8 Å². The Kier molecular flexibility index (Phi) is 9.49. The molecule has 5 rings (SSSR count). The Morgan fingerprint density at radius 2 is 1.98 bits per heavy atom. The number of rotatable bonds is 12. The van der Waals surface area contributed by atoms with E-state index in [0.29, 0.717) is 11.2 Å². The van der Waals surface area contributed by atoms with Gasteiger partial charge in [-0.1, -0.05) is 36.4 Å². The van der Waals surface area contributed by atoms with Crippen molar-refractivity contribution >= 4 is 59.0 Å². The number of alkyl halides is 2. The lowest BCUT2D eigenvalue weighted by molar-refractivity contribution is -0.149. The van der Waals surface area contributed by atoms with E-state index in [2.05, 4.69) is 25.4 Å². The average molecular weight is 666 g/mol. The summed E-state index contributed by atoms with van der Waals surface area (Å²) >= 11 is 6.29. The molecular weight excluding hydrogens is 632 g/mol. The molecule has 5 N–H and O–H groups in total. The first-order valence-electron chi connectivity index (χ1n) is 14.0. The van der Waals surface area contributed by atoms with E-state index in [-0.39, 0.29) is 22.9 Å². The second-order valence-corrected chi connectivity index (χ2v) is 12.7. The lowest BCUT2D eigenvalue weighted by Crippen LogP contribution is -2.48. The van der Waals surface area contributed by atoms with Crippen LogP contribution in [-0.2, 0) is 23.4 Å². The fourth-order valence-corrected chi connectivity index (χ4v) is 6.77. The van der Waals surface area contributed by atoms with Crippen LogP contribution in [0.2, 0.25) is 0 Å². The van der Waals surface area contributed by atoms with Gasteiger partial charge in [-0.3, -0.25) is 13.9 Å². The van der Waals surface area contributed by atoms with E-state index in [4.69, 9.17) is 35.9 Å². The number of ether oxygens (including phenoxy) is 2. The second kappa shape index (κ2) is 13.0. The summed E-state index contributed by atoms with van der Waals surface area (Å²) < 4.78 is 54.4. The average Bonchev–Trinajstić information content (AvgIpc) is 3.54. The zero-order valence-electron chi connectivity index (χ0n) is 24.9. The molecule has 242 valence electrons. The number of aromatic nitrogens is 4. The van der Waals surface area contributed by atoms with E-state index in [1.165, 1.54) is 17.8 Å². The number of nitrogens with one attached hydrogen (secondary N) is 2. The Morgan fingerprint density at radius 3 is 2.69 bits per heavy atom. The van der Waals surface area contributed by atoms with Crippen LogP contribution in [0.25, 0.3) is 21.9 Å². The Labute approximate surface area is 263 Å². The first kappa shape index (κ1) is 32.8. The monoisotopic (exact) mass is 665 g/mol. The van der Waals surface area contributed by atoms with Crippen LogP contribution in [0, 0.1) is 0 Å². The van der Waals surface area contributed by atoms with Crippen molar-refractivity contribution < 1.29 is 37.4 Å². The topological polar surface area (TPSA) is 185 Å². The third-order valence-corrected chi connectivity index (χ3v) is 9.21. The molecule has 45 heavy (non-hydrogen) atoms. The Hall–Kier alpha value is -3.59. The van der Waals surface area contributed by atoms with E-state index in [1.807, 2.05) is 18.2 Å². The molecule has 0 radical (unpaired) electrons. The molecule has 0 bridgehead atoms. The van der Waals surface area contributed by atoms with E-state index in [9.17, 15) is 14.5 Å². The minimum atomic E-state index is -4.48. The maximum atomic E-state index is 15.8. The third kappa shape index (κ3) is 6.55. The smallest absolute Gasteiger partial charge is 0.459 e. The summed E-state index contributed by atoms with van der Waals surface area (Å²) in [6.07, 6.45) is -4.55. The van der Waals surface area contributed by atoms with Crippen molar-refractivity contribution in [1.29, 1.82) is 0 Å². The number of anilines is 2. The van der Waals surface area contributed by atoms with E-state index in [1.54, 1.807) is 45.2 Å². The van der Waals surface area contributed by atoms with Crippen LogP contribution in [-0.4, -0.2) is 80.2 Å². The number of carbonyl (C=O) groups is 1. The number of halogens is 2. The maximum absolute atomic E-state index is 15.8. The number of benzene rings is 2. The van der Waals surface area contributed by atoms with Gasteiger partial charge in [0.25, 0.3) is 0 Å². The van der Waals surface area contributed by atoms with Gasteiger partial charge < -0.3 is 30.2 Å². The van der Waals surface area contributed by atoms with Crippen molar-refractivity contribution in [2.75, 3.05) is 30.6 Å². The molecule has 2 aromatic heterocycles. The highest BCUT2D eigenvalue weighted by Gasteiger charge is 2.57. The number of nitrogens with zero attached hydrogens (tertiary/aromatic N) is 4.